The monoisotopic (exact) mass is 468 g/mol. The molecule has 168 valence electrons. The summed E-state index contributed by atoms with van der Waals surface area (Å²) in [5, 5.41) is 7.09. The number of nitrogens with one attached hydrogen (secondary N) is 1. The predicted octanol–water partition coefficient (Wildman–Crippen LogP) is 5.65. The standard InChI is InChI=1S/C25H28N2O3S2/c1-30-20-13-11-18(12-14-20)17-27(25(29)22-10-6-16-32-22)23(21-9-5-15-31-21)24(28)26-19-7-3-2-4-8-19/h5-6,9-16,19,23H,2-4,7-8,17H2,1H3,(H,26,28)/t23-/m1/s1. The third-order valence-electron chi connectivity index (χ3n) is 5.83. The summed E-state index contributed by atoms with van der Waals surface area (Å²) < 4.78 is 5.27. The van der Waals surface area contributed by atoms with Gasteiger partial charge in [0.15, 0.2) is 0 Å². The SMILES string of the molecule is COc1ccc(CN(C(=O)c2cccs2)[C@@H](C(=O)NC2CCCCC2)c2cccs2)cc1. The summed E-state index contributed by atoms with van der Waals surface area (Å²) in [5.74, 6) is 0.528. The van der Waals surface area contributed by atoms with E-state index in [1.165, 1.54) is 29.1 Å². The van der Waals surface area contributed by atoms with E-state index in [1.807, 2.05) is 59.3 Å². The maximum absolute atomic E-state index is 13.6. The summed E-state index contributed by atoms with van der Waals surface area (Å²) in [5.41, 5.74) is 0.947. The van der Waals surface area contributed by atoms with Crippen LogP contribution in [0.1, 0.15) is 58.3 Å². The normalized spacial score (nSPS) is 15.2. The minimum absolute atomic E-state index is 0.0993. The second-order valence-corrected chi connectivity index (χ2v) is 9.95. The number of hydrogen-bond donors (Lipinski definition) is 1. The zero-order chi connectivity index (χ0) is 22.3. The number of methoxy groups -OCH3 is 1. The van der Waals surface area contributed by atoms with Crippen LogP contribution in [0, 0.1) is 0 Å². The van der Waals surface area contributed by atoms with Crippen molar-refractivity contribution in [3.63, 3.8) is 0 Å². The molecule has 0 radical (unpaired) electrons. The highest BCUT2D eigenvalue weighted by atomic mass is 32.1. The highest BCUT2D eigenvalue weighted by molar-refractivity contribution is 7.12. The van der Waals surface area contributed by atoms with Gasteiger partial charge in [-0.25, -0.2) is 0 Å². The summed E-state index contributed by atoms with van der Waals surface area (Å²) in [7, 11) is 1.63. The third-order valence-corrected chi connectivity index (χ3v) is 7.61. The molecule has 0 spiro atoms. The number of benzene rings is 1. The molecule has 0 saturated heterocycles. The number of nitrogens with zero attached hydrogens (tertiary/aromatic N) is 1. The first-order chi connectivity index (χ1) is 15.7. The first kappa shape index (κ1) is 22.6. The quantitative estimate of drug-likeness (QED) is 0.465. The smallest absolute Gasteiger partial charge is 0.265 e. The van der Waals surface area contributed by atoms with Gasteiger partial charge in [0.25, 0.3) is 5.91 Å². The van der Waals surface area contributed by atoms with Crippen molar-refractivity contribution in [3.05, 3.63) is 74.6 Å². The molecule has 1 aliphatic carbocycles. The van der Waals surface area contributed by atoms with Gasteiger partial charge in [0.1, 0.15) is 11.8 Å². The Bertz CT molecular complexity index is 995. The second-order valence-electron chi connectivity index (χ2n) is 8.02. The number of carbonyl (C=O) groups excluding carboxylic acids is 2. The van der Waals surface area contributed by atoms with E-state index in [9.17, 15) is 9.59 Å². The van der Waals surface area contributed by atoms with Gasteiger partial charge < -0.3 is 15.0 Å². The number of amides is 2. The van der Waals surface area contributed by atoms with E-state index < -0.39 is 6.04 Å². The lowest BCUT2D eigenvalue weighted by atomic mass is 9.95. The van der Waals surface area contributed by atoms with Gasteiger partial charge in [-0.1, -0.05) is 43.5 Å². The lowest BCUT2D eigenvalue weighted by Gasteiger charge is -2.32. The molecule has 2 amide bonds. The average molecular weight is 469 g/mol. The molecule has 1 fully saturated rings. The van der Waals surface area contributed by atoms with Crippen molar-refractivity contribution in [1.82, 2.24) is 10.2 Å². The van der Waals surface area contributed by atoms with Gasteiger partial charge in [-0.2, -0.15) is 0 Å². The third kappa shape index (κ3) is 5.40. The van der Waals surface area contributed by atoms with Crippen molar-refractivity contribution in [1.29, 1.82) is 0 Å². The Morgan fingerprint density at radius 1 is 1.03 bits per heavy atom. The van der Waals surface area contributed by atoms with Crippen LogP contribution in [0.15, 0.2) is 59.3 Å². The minimum Gasteiger partial charge on any atom is -0.497 e. The maximum Gasteiger partial charge on any atom is 0.265 e. The lowest BCUT2D eigenvalue weighted by molar-refractivity contribution is -0.127. The molecule has 5 nitrogen and oxygen atoms in total. The van der Waals surface area contributed by atoms with E-state index in [1.54, 1.807) is 12.0 Å². The van der Waals surface area contributed by atoms with Crippen LogP contribution in [0.5, 0.6) is 5.75 Å². The second kappa shape index (κ2) is 10.8. The number of hydrogen-bond acceptors (Lipinski definition) is 5. The highest BCUT2D eigenvalue weighted by Gasteiger charge is 2.34. The Hall–Kier alpha value is -2.64. The summed E-state index contributed by atoms with van der Waals surface area (Å²) in [6.45, 7) is 0.335. The zero-order valence-corrected chi connectivity index (χ0v) is 19.8. The van der Waals surface area contributed by atoms with E-state index in [-0.39, 0.29) is 17.9 Å². The Balaban J connectivity index is 1.66. The number of thiophene rings is 2. The van der Waals surface area contributed by atoms with Crippen LogP contribution in [0.4, 0.5) is 0 Å². The molecule has 4 rings (SSSR count). The van der Waals surface area contributed by atoms with Crippen molar-refractivity contribution < 1.29 is 14.3 Å². The zero-order valence-electron chi connectivity index (χ0n) is 18.2. The fraction of sp³-hybridized carbons (Fsp3) is 0.360. The lowest BCUT2D eigenvalue weighted by Crippen LogP contribution is -2.46. The number of carbonyl (C=O) groups is 2. The van der Waals surface area contributed by atoms with Crippen LogP contribution in [0.25, 0.3) is 0 Å². The summed E-state index contributed by atoms with van der Waals surface area (Å²) >= 11 is 2.91. The molecule has 3 aromatic rings. The molecule has 1 saturated carbocycles. The van der Waals surface area contributed by atoms with Gasteiger partial charge in [-0.05, 0) is 53.4 Å². The van der Waals surface area contributed by atoms with Gasteiger partial charge in [-0.3, -0.25) is 9.59 Å². The molecule has 0 bridgehead atoms. The Morgan fingerprint density at radius 2 is 1.75 bits per heavy atom. The van der Waals surface area contributed by atoms with E-state index in [4.69, 9.17) is 4.74 Å². The van der Waals surface area contributed by atoms with Crippen LogP contribution in [-0.4, -0.2) is 29.9 Å². The Labute approximate surface area is 197 Å². The Morgan fingerprint density at radius 3 is 2.38 bits per heavy atom. The van der Waals surface area contributed by atoms with E-state index in [0.717, 1.165) is 41.9 Å². The van der Waals surface area contributed by atoms with Gasteiger partial charge in [0, 0.05) is 17.5 Å². The topological polar surface area (TPSA) is 58.6 Å². The molecular weight excluding hydrogens is 440 g/mol. The van der Waals surface area contributed by atoms with Crippen molar-refractivity contribution >= 4 is 34.5 Å². The Kier molecular flexibility index (Phi) is 7.60. The molecule has 32 heavy (non-hydrogen) atoms. The van der Waals surface area contributed by atoms with Crippen LogP contribution in [0.2, 0.25) is 0 Å². The molecular formula is C25H28N2O3S2. The van der Waals surface area contributed by atoms with Crippen LogP contribution < -0.4 is 10.1 Å². The molecule has 1 aliphatic rings. The summed E-state index contributed by atoms with van der Waals surface area (Å²) in [6, 6.07) is 14.7. The van der Waals surface area contributed by atoms with Gasteiger partial charge in [0.2, 0.25) is 5.91 Å². The molecule has 2 heterocycles. The van der Waals surface area contributed by atoms with Crippen molar-refractivity contribution in [2.75, 3.05) is 7.11 Å². The van der Waals surface area contributed by atoms with Gasteiger partial charge in [-0.15, -0.1) is 22.7 Å². The van der Waals surface area contributed by atoms with E-state index in [2.05, 4.69) is 5.32 Å². The van der Waals surface area contributed by atoms with Crippen LogP contribution in [0.3, 0.4) is 0 Å². The molecule has 1 atom stereocenters. The van der Waals surface area contributed by atoms with E-state index >= 15 is 0 Å². The van der Waals surface area contributed by atoms with Crippen molar-refractivity contribution in [3.8, 4) is 5.75 Å². The first-order valence-electron chi connectivity index (χ1n) is 11.0. The van der Waals surface area contributed by atoms with Gasteiger partial charge >= 0.3 is 0 Å². The fourth-order valence-electron chi connectivity index (χ4n) is 4.15. The average Bonchev–Trinajstić information content (AvgIpc) is 3.54. The molecule has 1 N–H and O–H groups in total. The minimum atomic E-state index is -0.673. The maximum atomic E-state index is 13.6. The number of ether oxygens (including phenoxy) is 1. The van der Waals surface area contributed by atoms with Gasteiger partial charge in [0.05, 0.1) is 12.0 Å². The summed E-state index contributed by atoms with van der Waals surface area (Å²) in [6.07, 6.45) is 5.50. The van der Waals surface area contributed by atoms with Crippen LogP contribution >= 0.6 is 22.7 Å². The molecule has 1 aromatic carbocycles. The number of rotatable bonds is 8. The van der Waals surface area contributed by atoms with Crippen molar-refractivity contribution in [2.45, 2.75) is 50.7 Å². The molecule has 2 aromatic heterocycles. The predicted molar refractivity (Wildman–Crippen MR) is 129 cm³/mol. The van der Waals surface area contributed by atoms with Crippen molar-refractivity contribution in [2.24, 2.45) is 0 Å². The summed E-state index contributed by atoms with van der Waals surface area (Å²) in [4.78, 5) is 30.4. The molecule has 0 aliphatic heterocycles. The fourth-order valence-corrected chi connectivity index (χ4v) is 5.66. The first-order valence-corrected chi connectivity index (χ1v) is 12.7. The molecule has 0 unspecified atom stereocenters. The molecule has 7 heteroatoms. The highest BCUT2D eigenvalue weighted by Crippen LogP contribution is 2.31. The van der Waals surface area contributed by atoms with E-state index in [0.29, 0.717) is 11.4 Å². The van der Waals surface area contributed by atoms with Crippen LogP contribution in [-0.2, 0) is 11.3 Å². The largest absolute Gasteiger partial charge is 0.497 e.